The fourth-order valence-electron chi connectivity index (χ4n) is 2.00. The predicted molar refractivity (Wildman–Crippen MR) is 70.5 cm³/mol. The summed E-state index contributed by atoms with van der Waals surface area (Å²) < 4.78 is 35.2. The van der Waals surface area contributed by atoms with Crippen LogP contribution in [0.2, 0.25) is 0 Å². The molecule has 0 spiro atoms. The Bertz CT molecular complexity index is 453. The molecule has 0 aliphatic carbocycles. The first-order valence-electron chi connectivity index (χ1n) is 6.50. The Morgan fingerprint density at radius 1 is 1.24 bits per heavy atom. The molecule has 21 heavy (non-hydrogen) atoms. The van der Waals surface area contributed by atoms with Crippen molar-refractivity contribution in [1.29, 1.82) is 0 Å². The molecular weight excluding hydrogens is 306 g/mol. The van der Waals surface area contributed by atoms with Gasteiger partial charge in [0.25, 0.3) is 0 Å². The van der Waals surface area contributed by atoms with Crippen molar-refractivity contribution < 1.29 is 38.0 Å². The Morgan fingerprint density at radius 3 is 2.38 bits per heavy atom. The van der Waals surface area contributed by atoms with Gasteiger partial charge < -0.3 is 24.8 Å². The van der Waals surface area contributed by atoms with Gasteiger partial charge in [-0.1, -0.05) is 0 Å². The van der Waals surface area contributed by atoms with Gasteiger partial charge in [0, 0.05) is 13.5 Å². The average Bonchev–Trinajstić information content (AvgIpc) is 2.37. The van der Waals surface area contributed by atoms with Crippen LogP contribution < -0.4 is 4.72 Å². The van der Waals surface area contributed by atoms with E-state index < -0.39 is 52.4 Å². The lowest BCUT2D eigenvalue weighted by Crippen LogP contribution is -2.58. The van der Waals surface area contributed by atoms with Crippen molar-refractivity contribution in [2.24, 2.45) is 0 Å². The monoisotopic (exact) mass is 327 g/mol. The smallest absolute Gasteiger partial charge is 0.234 e. The summed E-state index contributed by atoms with van der Waals surface area (Å²) in [5.41, 5.74) is 0. The minimum absolute atomic E-state index is 0.170. The quantitative estimate of drug-likeness (QED) is 0.426. The molecule has 1 saturated heterocycles. The van der Waals surface area contributed by atoms with E-state index in [1.807, 2.05) is 0 Å². The lowest BCUT2D eigenvalue weighted by Gasteiger charge is -2.40. The van der Waals surface area contributed by atoms with E-state index in [0.717, 1.165) is 6.92 Å². The first-order valence-corrected chi connectivity index (χ1v) is 8.15. The van der Waals surface area contributed by atoms with Gasteiger partial charge in [0.15, 0.2) is 6.29 Å². The molecule has 124 valence electrons. The predicted octanol–water partition coefficient (Wildman–Crippen LogP) is -2.31. The van der Waals surface area contributed by atoms with E-state index in [4.69, 9.17) is 9.47 Å². The summed E-state index contributed by atoms with van der Waals surface area (Å²) in [6, 6.07) is 0. The van der Waals surface area contributed by atoms with Gasteiger partial charge in [0.1, 0.15) is 18.3 Å². The molecule has 1 rings (SSSR count). The van der Waals surface area contributed by atoms with Crippen LogP contribution in [0.15, 0.2) is 0 Å². The first kappa shape index (κ1) is 18.3. The summed E-state index contributed by atoms with van der Waals surface area (Å²) in [6.45, 7) is 2.93. The Hall–Kier alpha value is -0.780. The van der Waals surface area contributed by atoms with E-state index in [2.05, 4.69) is 0 Å². The maximum atomic E-state index is 11.5. The molecule has 0 aromatic carbocycles. The zero-order valence-electron chi connectivity index (χ0n) is 11.8. The van der Waals surface area contributed by atoms with Crippen molar-refractivity contribution in [3.05, 3.63) is 0 Å². The molecule has 0 unspecified atom stereocenters. The highest BCUT2D eigenvalue weighted by molar-refractivity contribution is 7.90. The molecule has 0 aromatic heterocycles. The number of ether oxygens (including phenoxy) is 2. The molecular formula is C11H21NO8S. The molecule has 1 aliphatic heterocycles. The fourth-order valence-corrected chi connectivity index (χ4v) is 3.08. The van der Waals surface area contributed by atoms with E-state index in [1.165, 1.54) is 0 Å². The second-order valence-corrected chi connectivity index (χ2v) is 6.58. The topological polar surface area (TPSA) is 142 Å². The third-order valence-electron chi connectivity index (χ3n) is 2.97. The number of rotatable bonds is 6. The summed E-state index contributed by atoms with van der Waals surface area (Å²) in [6.07, 6.45) is -6.75. The Morgan fingerprint density at radius 2 is 1.86 bits per heavy atom. The Labute approximate surface area is 122 Å². The maximum Gasteiger partial charge on any atom is 0.234 e. The van der Waals surface area contributed by atoms with Gasteiger partial charge in [-0.3, -0.25) is 9.52 Å². The van der Waals surface area contributed by atoms with Crippen molar-refractivity contribution in [3.63, 3.8) is 0 Å². The number of carbonyl (C=O) groups is 1. The number of aliphatic hydroxyl groups excluding tert-OH is 3. The van der Waals surface area contributed by atoms with E-state index in [-0.39, 0.29) is 13.0 Å². The molecule has 4 N–H and O–H groups in total. The normalized spacial score (nSPS) is 33.7. The van der Waals surface area contributed by atoms with Crippen LogP contribution in [0.25, 0.3) is 0 Å². The van der Waals surface area contributed by atoms with Gasteiger partial charge in [-0.05, 0) is 13.3 Å². The summed E-state index contributed by atoms with van der Waals surface area (Å²) in [4.78, 5) is 10.7. The van der Waals surface area contributed by atoms with Gasteiger partial charge in [-0.15, -0.1) is 0 Å². The van der Waals surface area contributed by atoms with Gasteiger partial charge in [-0.25, -0.2) is 8.42 Å². The van der Waals surface area contributed by atoms with Crippen molar-refractivity contribution in [2.75, 3.05) is 12.4 Å². The summed E-state index contributed by atoms with van der Waals surface area (Å²) in [5, 5.41) is 29.2. The lowest BCUT2D eigenvalue weighted by molar-refractivity contribution is -0.295. The van der Waals surface area contributed by atoms with E-state index in [9.17, 15) is 28.5 Å². The number of sulfonamides is 1. The highest BCUT2D eigenvalue weighted by Crippen LogP contribution is 2.24. The number of hydrogen-bond acceptors (Lipinski definition) is 8. The molecule has 9 nitrogen and oxygen atoms in total. The van der Waals surface area contributed by atoms with Crippen LogP contribution in [0.3, 0.4) is 0 Å². The molecule has 5 atom stereocenters. The third-order valence-corrected chi connectivity index (χ3v) is 4.34. The number of carbonyl (C=O) groups excluding carboxylic acids is 1. The molecule has 1 heterocycles. The van der Waals surface area contributed by atoms with Crippen molar-refractivity contribution >= 4 is 15.9 Å². The molecule has 10 heteroatoms. The van der Waals surface area contributed by atoms with Gasteiger partial charge in [0.2, 0.25) is 15.9 Å². The zero-order chi connectivity index (χ0) is 16.2. The molecule has 1 aliphatic rings. The van der Waals surface area contributed by atoms with Crippen LogP contribution >= 0.6 is 0 Å². The molecule has 1 amide bonds. The second-order valence-electron chi connectivity index (χ2n) is 4.74. The molecule has 0 bridgehead atoms. The molecule has 1 fully saturated rings. The van der Waals surface area contributed by atoms with E-state index >= 15 is 0 Å². The zero-order valence-corrected chi connectivity index (χ0v) is 12.6. The minimum atomic E-state index is -3.84. The Balaban J connectivity index is 2.67. The summed E-state index contributed by atoms with van der Waals surface area (Å²) in [5.74, 6) is -1.20. The summed E-state index contributed by atoms with van der Waals surface area (Å²) >= 11 is 0. The van der Waals surface area contributed by atoms with Crippen LogP contribution in [0.5, 0.6) is 0 Å². The minimum Gasteiger partial charge on any atom is -0.388 e. The van der Waals surface area contributed by atoms with E-state index in [0.29, 0.717) is 0 Å². The van der Waals surface area contributed by atoms with Crippen LogP contribution in [0.1, 0.15) is 20.3 Å². The lowest BCUT2D eigenvalue weighted by atomic mass is 9.97. The van der Waals surface area contributed by atoms with Crippen LogP contribution in [0.4, 0.5) is 0 Å². The molecule has 0 radical (unpaired) electrons. The van der Waals surface area contributed by atoms with Gasteiger partial charge in [-0.2, -0.15) is 0 Å². The summed E-state index contributed by atoms with van der Waals surface area (Å²) in [7, 11) is -3.84. The fraction of sp³-hybridized carbons (Fsp3) is 0.909. The second kappa shape index (κ2) is 7.47. The number of nitrogens with one attached hydrogen (secondary N) is 1. The molecule has 0 saturated carbocycles. The average molecular weight is 327 g/mol. The Kier molecular flexibility index (Phi) is 6.50. The van der Waals surface area contributed by atoms with Crippen LogP contribution in [0, 0.1) is 0 Å². The van der Waals surface area contributed by atoms with Gasteiger partial charge >= 0.3 is 0 Å². The third kappa shape index (κ3) is 5.16. The van der Waals surface area contributed by atoms with Gasteiger partial charge in [0.05, 0.1) is 11.9 Å². The number of hydrogen-bond donors (Lipinski definition) is 4. The standard InChI is InChI=1S/C11H21NO8S/c1-3-19-11-10(16)9(15)8(14)7(20-11)4-5-21(17,18)12-6(2)13/h7-11,14-16H,3-5H2,1-2H3,(H,12,13)/t7-,8-,9+,10+,11+/m1/s1. The molecule has 0 aromatic rings. The number of aliphatic hydroxyl groups is 3. The van der Waals surface area contributed by atoms with Crippen LogP contribution in [-0.4, -0.2) is 72.7 Å². The van der Waals surface area contributed by atoms with Crippen LogP contribution in [-0.2, 0) is 24.3 Å². The maximum absolute atomic E-state index is 11.5. The van der Waals surface area contributed by atoms with E-state index in [1.54, 1.807) is 11.6 Å². The largest absolute Gasteiger partial charge is 0.388 e. The van der Waals surface area contributed by atoms with Crippen molar-refractivity contribution in [2.45, 2.75) is 51.0 Å². The van der Waals surface area contributed by atoms with Crippen molar-refractivity contribution in [1.82, 2.24) is 4.72 Å². The number of amides is 1. The first-order chi connectivity index (χ1) is 9.68. The SMILES string of the molecule is CCO[C@H]1O[C@H](CCS(=O)(=O)NC(C)=O)[C@@H](O)[C@H](O)[C@@H]1O. The highest BCUT2D eigenvalue weighted by Gasteiger charge is 2.44. The highest BCUT2D eigenvalue weighted by atomic mass is 32.2. The van der Waals surface area contributed by atoms with Crippen molar-refractivity contribution in [3.8, 4) is 0 Å².